The van der Waals surface area contributed by atoms with Crippen molar-refractivity contribution in [2.75, 3.05) is 19.7 Å². The molecule has 2 aromatic rings. The first-order chi connectivity index (χ1) is 11.2. The topological polar surface area (TPSA) is 87.3 Å². The minimum Gasteiger partial charge on any atom is -0.366 e. The summed E-state index contributed by atoms with van der Waals surface area (Å²) in [5.41, 5.74) is 0.903. The number of likely N-dealkylation sites (tertiary alicyclic amines) is 1. The smallest absolute Gasteiger partial charge is 0.264 e. The van der Waals surface area contributed by atoms with Gasteiger partial charge in [-0.15, -0.1) is 11.3 Å². The first kappa shape index (κ1) is 14.4. The Morgan fingerprint density at radius 1 is 1.39 bits per heavy atom. The normalized spacial score (nSPS) is 24.2. The summed E-state index contributed by atoms with van der Waals surface area (Å²) in [5, 5.41) is 9.74. The van der Waals surface area contributed by atoms with Crippen LogP contribution in [0.2, 0.25) is 0 Å². The van der Waals surface area contributed by atoms with Gasteiger partial charge in [0.2, 0.25) is 5.91 Å². The number of H-pyrrole nitrogens is 1. The molecule has 0 saturated carbocycles. The maximum Gasteiger partial charge on any atom is 0.264 e. The van der Waals surface area contributed by atoms with Crippen molar-refractivity contribution in [3.8, 4) is 10.6 Å². The molecule has 2 N–H and O–H groups in total. The van der Waals surface area contributed by atoms with Crippen LogP contribution in [0.1, 0.15) is 16.1 Å². The number of carbonyl (C=O) groups excluding carboxylic acids is 2. The molecule has 2 aromatic heterocycles. The first-order valence-electron chi connectivity index (χ1n) is 7.50. The van der Waals surface area contributed by atoms with E-state index < -0.39 is 0 Å². The lowest BCUT2D eigenvalue weighted by molar-refractivity contribution is -0.139. The van der Waals surface area contributed by atoms with Crippen molar-refractivity contribution in [1.82, 2.24) is 20.4 Å². The van der Waals surface area contributed by atoms with Crippen molar-refractivity contribution in [3.63, 3.8) is 0 Å². The van der Waals surface area contributed by atoms with Crippen molar-refractivity contribution < 1.29 is 14.3 Å². The maximum atomic E-state index is 12.7. The van der Waals surface area contributed by atoms with Gasteiger partial charge in [0.25, 0.3) is 5.91 Å². The Kier molecular flexibility index (Phi) is 3.62. The maximum absolute atomic E-state index is 12.7. The van der Waals surface area contributed by atoms with E-state index in [0.717, 1.165) is 17.0 Å². The standard InChI is InChI=1S/C15H16N4O3S/c20-14-8-22-11-4-6-19(7-10(11)17-14)15(21)13-2-1-12(23-13)9-3-5-16-18-9/h1-3,5,10-11H,4,6-8H2,(H,16,18)(H,17,20). The molecule has 0 bridgehead atoms. The van der Waals surface area contributed by atoms with Crippen molar-refractivity contribution in [2.24, 2.45) is 0 Å². The molecule has 7 nitrogen and oxygen atoms in total. The highest BCUT2D eigenvalue weighted by atomic mass is 32.1. The van der Waals surface area contributed by atoms with Crippen molar-refractivity contribution in [1.29, 1.82) is 0 Å². The number of hydrogen-bond acceptors (Lipinski definition) is 5. The molecule has 120 valence electrons. The monoisotopic (exact) mass is 332 g/mol. The first-order valence-corrected chi connectivity index (χ1v) is 8.32. The number of nitrogens with zero attached hydrogens (tertiary/aromatic N) is 2. The van der Waals surface area contributed by atoms with E-state index in [1.807, 2.05) is 18.2 Å². The van der Waals surface area contributed by atoms with Gasteiger partial charge in [-0.05, 0) is 24.6 Å². The predicted molar refractivity (Wildman–Crippen MR) is 84.1 cm³/mol. The predicted octanol–water partition coefficient (Wildman–Crippen LogP) is 0.868. The van der Waals surface area contributed by atoms with E-state index in [1.165, 1.54) is 11.3 Å². The van der Waals surface area contributed by atoms with E-state index in [1.54, 1.807) is 11.1 Å². The summed E-state index contributed by atoms with van der Waals surface area (Å²) < 4.78 is 5.52. The molecule has 0 aromatic carbocycles. The van der Waals surface area contributed by atoms with Crippen LogP contribution >= 0.6 is 11.3 Å². The highest BCUT2D eigenvalue weighted by Crippen LogP contribution is 2.28. The van der Waals surface area contributed by atoms with E-state index in [0.29, 0.717) is 18.0 Å². The molecule has 2 aliphatic rings. The summed E-state index contributed by atoms with van der Waals surface area (Å²) in [6.07, 6.45) is 2.45. The van der Waals surface area contributed by atoms with Gasteiger partial charge in [-0.3, -0.25) is 14.7 Å². The van der Waals surface area contributed by atoms with E-state index >= 15 is 0 Å². The van der Waals surface area contributed by atoms with Crippen LogP contribution < -0.4 is 5.32 Å². The summed E-state index contributed by atoms with van der Waals surface area (Å²) in [4.78, 5) is 27.6. The third-order valence-corrected chi connectivity index (χ3v) is 5.30. The number of thiophene rings is 1. The second kappa shape index (κ2) is 5.78. The number of fused-ring (bicyclic) bond motifs is 1. The number of amides is 2. The molecule has 0 aliphatic carbocycles. The molecule has 2 amide bonds. The number of nitrogens with one attached hydrogen (secondary N) is 2. The molecule has 0 spiro atoms. The molecule has 4 heterocycles. The largest absolute Gasteiger partial charge is 0.366 e. The van der Waals surface area contributed by atoms with Crippen LogP contribution in [0, 0.1) is 0 Å². The van der Waals surface area contributed by atoms with Gasteiger partial charge in [0.05, 0.1) is 27.6 Å². The quantitative estimate of drug-likeness (QED) is 0.854. The summed E-state index contributed by atoms with van der Waals surface area (Å²) in [6.45, 7) is 1.26. The summed E-state index contributed by atoms with van der Waals surface area (Å²) in [5.74, 6) is -0.114. The van der Waals surface area contributed by atoms with E-state index in [-0.39, 0.29) is 30.6 Å². The van der Waals surface area contributed by atoms with Crippen molar-refractivity contribution in [3.05, 3.63) is 29.3 Å². The van der Waals surface area contributed by atoms with Gasteiger partial charge < -0.3 is 15.0 Å². The summed E-state index contributed by atoms with van der Waals surface area (Å²) in [7, 11) is 0. The van der Waals surface area contributed by atoms with Gasteiger partial charge in [0, 0.05) is 19.3 Å². The number of aromatic nitrogens is 2. The van der Waals surface area contributed by atoms with Gasteiger partial charge in [0.1, 0.15) is 6.61 Å². The molecule has 2 atom stereocenters. The summed E-state index contributed by atoms with van der Waals surface area (Å²) >= 11 is 1.44. The lowest BCUT2D eigenvalue weighted by Crippen LogP contribution is -2.61. The molecule has 0 radical (unpaired) electrons. The zero-order valence-corrected chi connectivity index (χ0v) is 13.1. The van der Waals surface area contributed by atoms with Crippen LogP contribution in [0.25, 0.3) is 10.6 Å². The fourth-order valence-corrected chi connectivity index (χ4v) is 3.98. The molecule has 2 unspecified atom stereocenters. The number of morpholine rings is 1. The van der Waals surface area contributed by atoms with Gasteiger partial charge in [0.15, 0.2) is 0 Å². The van der Waals surface area contributed by atoms with E-state index in [2.05, 4.69) is 15.5 Å². The Morgan fingerprint density at radius 3 is 3.13 bits per heavy atom. The average molecular weight is 332 g/mol. The highest BCUT2D eigenvalue weighted by Gasteiger charge is 2.36. The molecule has 8 heteroatoms. The van der Waals surface area contributed by atoms with Gasteiger partial charge >= 0.3 is 0 Å². The fraction of sp³-hybridized carbons (Fsp3) is 0.400. The van der Waals surface area contributed by atoms with Crippen LogP contribution in [0.4, 0.5) is 0 Å². The zero-order chi connectivity index (χ0) is 15.8. The van der Waals surface area contributed by atoms with Crippen molar-refractivity contribution >= 4 is 23.2 Å². The number of hydrogen-bond donors (Lipinski definition) is 2. The second-order valence-electron chi connectivity index (χ2n) is 5.70. The molecule has 2 aliphatic heterocycles. The average Bonchev–Trinajstić information content (AvgIpc) is 3.24. The zero-order valence-electron chi connectivity index (χ0n) is 12.3. The molecule has 2 saturated heterocycles. The van der Waals surface area contributed by atoms with E-state index in [9.17, 15) is 9.59 Å². The molecule has 2 fully saturated rings. The van der Waals surface area contributed by atoms with Crippen LogP contribution in [0.15, 0.2) is 24.4 Å². The number of carbonyl (C=O) groups is 2. The third kappa shape index (κ3) is 2.75. The van der Waals surface area contributed by atoms with Gasteiger partial charge in [-0.25, -0.2) is 0 Å². The van der Waals surface area contributed by atoms with Crippen LogP contribution in [0.5, 0.6) is 0 Å². The second-order valence-corrected chi connectivity index (χ2v) is 6.78. The van der Waals surface area contributed by atoms with Crippen LogP contribution in [-0.4, -0.2) is 58.8 Å². The Morgan fingerprint density at radius 2 is 2.30 bits per heavy atom. The Balaban J connectivity index is 1.48. The number of rotatable bonds is 2. The molecule has 23 heavy (non-hydrogen) atoms. The molecule has 4 rings (SSSR count). The lowest BCUT2D eigenvalue weighted by Gasteiger charge is -2.40. The molecular formula is C15H16N4O3S. The third-order valence-electron chi connectivity index (χ3n) is 4.19. The summed E-state index contributed by atoms with van der Waals surface area (Å²) in [6, 6.07) is 5.52. The Labute approximate surface area is 136 Å². The van der Waals surface area contributed by atoms with E-state index in [4.69, 9.17) is 4.74 Å². The van der Waals surface area contributed by atoms with Crippen LogP contribution in [0.3, 0.4) is 0 Å². The number of aromatic amines is 1. The van der Waals surface area contributed by atoms with Crippen LogP contribution in [-0.2, 0) is 9.53 Å². The minimum atomic E-state index is -0.113. The molecular weight excluding hydrogens is 316 g/mol. The number of piperidine rings is 1. The Hall–Kier alpha value is -2.19. The van der Waals surface area contributed by atoms with Crippen molar-refractivity contribution in [2.45, 2.75) is 18.6 Å². The lowest BCUT2D eigenvalue weighted by atomic mass is 10.0. The SMILES string of the molecule is O=C1COC2CCN(C(=O)c3ccc(-c4ccn[nH]4)s3)CC2N1. The number of ether oxygens (including phenoxy) is 1. The fourth-order valence-electron chi connectivity index (χ4n) is 3.03. The minimum absolute atomic E-state index is 0.000891. The van der Waals surface area contributed by atoms with Gasteiger partial charge in [-0.2, -0.15) is 5.10 Å². The Bertz CT molecular complexity index is 727. The highest BCUT2D eigenvalue weighted by molar-refractivity contribution is 7.17. The van der Waals surface area contributed by atoms with Gasteiger partial charge in [-0.1, -0.05) is 0 Å².